The molecule has 0 aliphatic carbocycles. The summed E-state index contributed by atoms with van der Waals surface area (Å²) in [7, 11) is 0. The first kappa shape index (κ1) is 22.4. The number of nitrogens with one attached hydrogen (secondary N) is 1. The molecule has 0 unspecified atom stereocenters. The Morgan fingerprint density at radius 1 is 1.35 bits per heavy atom. The van der Waals surface area contributed by atoms with E-state index in [0.717, 1.165) is 10.5 Å². The third-order valence-electron chi connectivity index (χ3n) is 4.68. The normalized spacial score (nSPS) is 22.1. The molecule has 10 heteroatoms. The van der Waals surface area contributed by atoms with Crippen molar-refractivity contribution in [3.8, 4) is 12.3 Å². The zero-order valence-electron chi connectivity index (χ0n) is 16.6. The van der Waals surface area contributed by atoms with Crippen LogP contribution in [0.2, 0.25) is 0 Å². The molecule has 1 aromatic rings. The highest BCUT2D eigenvalue weighted by molar-refractivity contribution is 8.00. The lowest BCUT2D eigenvalue weighted by Gasteiger charge is -2.56. The van der Waals surface area contributed by atoms with E-state index in [-0.39, 0.29) is 36.7 Å². The zero-order valence-corrected chi connectivity index (χ0v) is 17.4. The number of ether oxygens (including phenoxy) is 2. The molecule has 2 aliphatic rings. The smallest absolute Gasteiger partial charge is 0.352 e. The Labute approximate surface area is 182 Å². The van der Waals surface area contributed by atoms with Crippen LogP contribution < -0.4 is 5.32 Å². The average molecular weight is 444 g/mol. The van der Waals surface area contributed by atoms with Gasteiger partial charge in [0.25, 0.3) is 11.6 Å². The summed E-state index contributed by atoms with van der Waals surface area (Å²) in [5, 5.41) is 11.5. The number of carbonyl (C=O) groups excluding carboxylic acids is 3. The first-order valence-corrected chi connectivity index (χ1v) is 10.3. The van der Waals surface area contributed by atoms with Crippen LogP contribution in [0.3, 0.4) is 0 Å². The molecule has 2 heterocycles. The summed E-state index contributed by atoms with van der Waals surface area (Å²) in [6.07, 6.45) is 5.28. The highest BCUT2D eigenvalue weighted by atomic mass is 32.2. The van der Waals surface area contributed by atoms with E-state index in [0.29, 0.717) is 0 Å². The van der Waals surface area contributed by atoms with Crippen LogP contribution in [0.5, 0.6) is 0 Å². The minimum absolute atomic E-state index is 0.00595. The molecule has 1 saturated heterocycles. The predicted octanol–water partition coefficient (Wildman–Crippen LogP) is 0.508. The van der Waals surface area contributed by atoms with Gasteiger partial charge >= 0.3 is 11.9 Å². The predicted molar refractivity (Wildman–Crippen MR) is 110 cm³/mol. The molecule has 162 valence electrons. The number of benzene rings is 1. The van der Waals surface area contributed by atoms with E-state index >= 15 is 0 Å². The number of nitrogens with zero attached hydrogens (tertiary/aromatic N) is 1. The van der Waals surface area contributed by atoms with Gasteiger partial charge in [0.1, 0.15) is 24.3 Å². The van der Waals surface area contributed by atoms with Gasteiger partial charge in [-0.25, -0.2) is 4.79 Å². The van der Waals surface area contributed by atoms with Crippen LogP contribution in [0.1, 0.15) is 12.5 Å². The number of β-lactam (4-membered cyclic amide) rings is 1. The summed E-state index contributed by atoms with van der Waals surface area (Å²) in [5.74, 6) is -0.703. The van der Waals surface area contributed by atoms with Crippen LogP contribution >= 0.6 is 11.8 Å². The van der Waals surface area contributed by atoms with Gasteiger partial charge in [-0.1, -0.05) is 36.3 Å². The van der Waals surface area contributed by atoms with E-state index in [9.17, 15) is 24.3 Å². The quantitative estimate of drug-likeness (QED) is 0.257. The summed E-state index contributed by atoms with van der Waals surface area (Å²) in [6.45, 7) is 0.698. The molecular formula is C21H20N2O7S. The van der Waals surface area contributed by atoms with Gasteiger partial charge in [0.05, 0.1) is 6.42 Å². The van der Waals surface area contributed by atoms with Crippen molar-refractivity contribution in [3.05, 3.63) is 47.2 Å². The summed E-state index contributed by atoms with van der Waals surface area (Å²) in [6, 6.07) is 8.93. The lowest BCUT2D eigenvalue weighted by atomic mass is 9.97. The number of terminal acetylenes is 1. The summed E-state index contributed by atoms with van der Waals surface area (Å²) < 4.78 is 10.5. The highest BCUT2D eigenvalue weighted by Crippen LogP contribution is 2.46. The van der Waals surface area contributed by atoms with E-state index in [2.05, 4.69) is 11.2 Å². The fraction of sp³-hybridized carbons (Fsp3) is 0.333. The van der Waals surface area contributed by atoms with Crippen molar-refractivity contribution in [1.82, 2.24) is 10.2 Å². The van der Waals surface area contributed by atoms with Crippen LogP contribution in [-0.2, 0) is 35.1 Å². The number of hydrogen-bond donors (Lipinski definition) is 2. The van der Waals surface area contributed by atoms with Crippen LogP contribution in [0.4, 0.5) is 0 Å². The molecule has 3 rings (SSSR count). The number of esters is 1. The Balaban J connectivity index is 1.86. The molecule has 2 amide bonds. The number of aliphatic carboxylic acids is 1. The summed E-state index contributed by atoms with van der Waals surface area (Å²) >= 11 is 1.19. The molecule has 0 bridgehead atoms. The van der Waals surface area contributed by atoms with Crippen LogP contribution in [-0.4, -0.2) is 63.8 Å². The Morgan fingerprint density at radius 3 is 2.68 bits per heavy atom. The Hall–Kier alpha value is -3.29. The average Bonchev–Trinajstić information content (AvgIpc) is 2.74. The maximum absolute atomic E-state index is 13.1. The van der Waals surface area contributed by atoms with Crippen LogP contribution in [0, 0.1) is 12.3 Å². The molecular weight excluding hydrogens is 424 g/mol. The van der Waals surface area contributed by atoms with Crippen molar-refractivity contribution in [1.29, 1.82) is 0 Å². The van der Waals surface area contributed by atoms with E-state index < -0.39 is 34.9 Å². The van der Waals surface area contributed by atoms with Crippen LogP contribution in [0.15, 0.2) is 41.6 Å². The molecule has 1 aromatic carbocycles. The second-order valence-electron chi connectivity index (χ2n) is 6.82. The first-order chi connectivity index (χ1) is 14.8. The van der Waals surface area contributed by atoms with Gasteiger partial charge in [-0.05, 0) is 5.56 Å². The van der Waals surface area contributed by atoms with Crippen molar-refractivity contribution in [2.75, 3.05) is 19.0 Å². The first-order valence-electron chi connectivity index (χ1n) is 9.26. The highest BCUT2D eigenvalue weighted by Gasteiger charge is 2.67. The number of carboxylic acid groups (broad SMARTS) is 1. The van der Waals surface area contributed by atoms with E-state index in [1.165, 1.54) is 18.7 Å². The van der Waals surface area contributed by atoms with E-state index in [4.69, 9.17) is 15.9 Å². The Morgan fingerprint density at radius 2 is 2.06 bits per heavy atom. The number of rotatable bonds is 8. The molecule has 0 aromatic heterocycles. The van der Waals surface area contributed by atoms with Crippen LogP contribution in [0.25, 0.3) is 0 Å². The van der Waals surface area contributed by atoms with Gasteiger partial charge < -0.3 is 19.9 Å². The number of carboxylic acids is 1. The molecule has 2 N–H and O–H groups in total. The van der Waals surface area contributed by atoms with Gasteiger partial charge in [0.2, 0.25) is 5.91 Å². The van der Waals surface area contributed by atoms with Gasteiger partial charge in [0, 0.05) is 18.2 Å². The maximum atomic E-state index is 13.1. The monoisotopic (exact) mass is 444 g/mol. The second kappa shape index (κ2) is 9.24. The molecule has 0 radical (unpaired) electrons. The van der Waals surface area contributed by atoms with Crippen molar-refractivity contribution in [2.24, 2.45) is 0 Å². The number of hydrogen-bond acceptors (Lipinski definition) is 7. The van der Waals surface area contributed by atoms with Gasteiger partial charge in [-0.15, -0.1) is 18.2 Å². The topological polar surface area (TPSA) is 122 Å². The number of thioether (sulfide) groups is 1. The molecule has 0 spiro atoms. The van der Waals surface area contributed by atoms with Crippen molar-refractivity contribution < 1.29 is 33.8 Å². The molecule has 1 fully saturated rings. The maximum Gasteiger partial charge on any atom is 0.352 e. The summed E-state index contributed by atoms with van der Waals surface area (Å²) in [5.41, 5.74) is -1.05. The number of fused-ring (bicyclic) bond motifs is 1. The molecule has 0 saturated carbocycles. The second-order valence-corrected chi connectivity index (χ2v) is 7.88. The van der Waals surface area contributed by atoms with Crippen molar-refractivity contribution in [2.45, 2.75) is 24.4 Å². The van der Waals surface area contributed by atoms with Gasteiger partial charge in [-0.3, -0.25) is 19.3 Å². The third kappa shape index (κ3) is 4.42. The van der Waals surface area contributed by atoms with Crippen molar-refractivity contribution >= 4 is 35.5 Å². The zero-order chi connectivity index (χ0) is 22.6. The standard InChI is InChI=1S/C21H20N2O7S/c1-3-9-30-21(22-16(25)10-14-7-5-4-6-8-14)19(28)23-17(18(26)27)15(11-29-13(2)24)12-31-20(21)23/h1,4-8,20H,9-12H2,2H3,(H,22,25)(H,26,27)/t20-,21-/m1/s1. The lowest BCUT2D eigenvalue weighted by molar-refractivity contribution is -0.195. The SMILES string of the molecule is C#CCO[C@]1(NC(=O)Cc2ccccc2)C(=O)N2C(C(=O)O)=C(COC(C)=O)CS[C@@H]21. The fourth-order valence-corrected chi connectivity index (χ4v) is 4.75. The fourth-order valence-electron chi connectivity index (χ4n) is 3.36. The molecule has 31 heavy (non-hydrogen) atoms. The Bertz CT molecular complexity index is 985. The van der Waals surface area contributed by atoms with Gasteiger partial charge in [0.15, 0.2) is 0 Å². The Kier molecular flexibility index (Phi) is 6.68. The van der Waals surface area contributed by atoms with Crippen molar-refractivity contribution in [3.63, 3.8) is 0 Å². The summed E-state index contributed by atoms with van der Waals surface area (Å²) in [4.78, 5) is 49.8. The minimum Gasteiger partial charge on any atom is -0.477 e. The third-order valence-corrected chi connectivity index (χ3v) is 6.05. The number of amides is 2. The van der Waals surface area contributed by atoms with Gasteiger partial charge in [-0.2, -0.15) is 0 Å². The van der Waals surface area contributed by atoms with E-state index in [1.54, 1.807) is 24.3 Å². The molecule has 2 aliphatic heterocycles. The lowest BCUT2D eigenvalue weighted by Crippen LogP contribution is -2.81. The molecule has 2 atom stereocenters. The minimum atomic E-state index is -1.78. The van der Waals surface area contributed by atoms with E-state index in [1.807, 2.05) is 6.07 Å². The largest absolute Gasteiger partial charge is 0.477 e. The molecule has 9 nitrogen and oxygen atoms in total. The number of carbonyl (C=O) groups is 4.